The molecule has 1 atom stereocenters. The number of Topliss-reactive ketones (excluding diaryl/α,β-unsaturated/α-hetero) is 2. The largest absolute Gasteiger partial charge is 0.346 e. The summed E-state index contributed by atoms with van der Waals surface area (Å²) in [4.78, 5) is 34.3. The number of hydrogen-bond donors (Lipinski definition) is 1. The Morgan fingerprint density at radius 3 is 1.81 bits per heavy atom. The fraction of sp³-hybridized carbons (Fsp3) is 0.750. The van der Waals surface area contributed by atoms with Crippen LogP contribution in [-0.4, -0.2) is 23.5 Å². The minimum Gasteiger partial charge on any atom is -0.346 e. The lowest BCUT2D eigenvalue weighted by molar-refractivity contribution is -0.131. The highest BCUT2D eigenvalue weighted by Gasteiger charge is 2.25. The zero-order valence-corrected chi connectivity index (χ0v) is 10.7. The van der Waals surface area contributed by atoms with Gasteiger partial charge < -0.3 is 5.32 Å². The predicted molar refractivity (Wildman–Crippen MR) is 61.9 cm³/mol. The molecule has 1 amide bonds. The first-order valence-electron chi connectivity index (χ1n) is 5.59. The molecule has 4 heteroatoms. The van der Waals surface area contributed by atoms with Crippen LogP contribution in [0.5, 0.6) is 0 Å². The summed E-state index contributed by atoms with van der Waals surface area (Å²) in [5.74, 6) is -0.680. The van der Waals surface area contributed by atoms with Crippen molar-refractivity contribution in [1.82, 2.24) is 5.32 Å². The topological polar surface area (TPSA) is 63.2 Å². The highest BCUT2D eigenvalue weighted by molar-refractivity contribution is 5.94. The molecule has 0 aliphatic rings. The van der Waals surface area contributed by atoms with Crippen LogP contribution in [0.3, 0.4) is 0 Å². The minimum absolute atomic E-state index is 0.00671. The Kier molecular flexibility index (Phi) is 5.93. The Morgan fingerprint density at radius 2 is 1.50 bits per heavy atom. The molecule has 0 spiro atoms. The van der Waals surface area contributed by atoms with Gasteiger partial charge in [-0.1, -0.05) is 27.7 Å². The summed E-state index contributed by atoms with van der Waals surface area (Å²) >= 11 is 0. The van der Waals surface area contributed by atoms with E-state index in [2.05, 4.69) is 5.32 Å². The average Bonchev–Trinajstić information content (AvgIpc) is 2.14. The van der Waals surface area contributed by atoms with E-state index in [9.17, 15) is 14.4 Å². The molecule has 4 nitrogen and oxygen atoms in total. The van der Waals surface area contributed by atoms with Crippen LogP contribution in [0.25, 0.3) is 0 Å². The zero-order valence-electron chi connectivity index (χ0n) is 10.7. The van der Waals surface area contributed by atoms with Gasteiger partial charge in [-0.3, -0.25) is 14.4 Å². The van der Waals surface area contributed by atoms with Crippen LogP contribution in [-0.2, 0) is 14.4 Å². The summed E-state index contributed by atoms with van der Waals surface area (Å²) in [6.07, 6.45) is 0.0915. The van der Waals surface area contributed by atoms with E-state index in [1.54, 1.807) is 27.7 Å². The van der Waals surface area contributed by atoms with Gasteiger partial charge in [0.05, 0.1) is 6.04 Å². The van der Waals surface area contributed by atoms with Crippen LogP contribution >= 0.6 is 0 Å². The number of nitrogens with one attached hydrogen (secondary N) is 1. The molecular weight excluding hydrogens is 206 g/mol. The van der Waals surface area contributed by atoms with Gasteiger partial charge >= 0.3 is 0 Å². The van der Waals surface area contributed by atoms with Crippen LogP contribution in [0, 0.1) is 11.8 Å². The predicted octanol–water partition coefficient (Wildman–Crippen LogP) is 1.33. The molecule has 1 N–H and O–H groups in total. The quantitative estimate of drug-likeness (QED) is 0.744. The fourth-order valence-electron chi connectivity index (χ4n) is 1.31. The van der Waals surface area contributed by atoms with Crippen molar-refractivity contribution in [1.29, 1.82) is 0 Å². The first kappa shape index (κ1) is 14.8. The number of amides is 1. The van der Waals surface area contributed by atoms with Gasteiger partial charge in [0.1, 0.15) is 5.78 Å². The van der Waals surface area contributed by atoms with E-state index in [4.69, 9.17) is 0 Å². The Bertz CT molecular complexity index is 282. The number of hydrogen-bond acceptors (Lipinski definition) is 3. The van der Waals surface area contributed by atoms with E-state index in [-0.39, 0.29) is 35.7 Å². The van der Waals surface area contributed by atoms with Crippen molar-refractivity contribution in [3.63, 3.8) is 0 Å². The summed E-state index contributed by atoms with van der Waals surface area (Å²) in [5.41, 5.74) is 0. The highest BCUT2D eigenvalue weighted by atomic mass is 16.2. The second-order valence-electron chi connectivity index (χ2n) is 4.64. The van der Waals surface area contributed by atoms with Crippen molar-refractivity contribution in [2.75, 3.05) is 0 Å². The lowest BCUT2D eigenvalue weighted by Gasteiger charge is -2.18. The molecular formula is C12H21NO3. The van der Waals surface area contributed by atoms with Crippen LogP contribution < -0.4 is 5.32 Å². The second kappa shape index (κ2) is 6.40. The summed E-state index contributed by atoms with van der Waals surface area (Å²) in [7, 11) is 0. The summed E-state index contributed by atoms with van der Waals surface area (Å²) in [6, 6.07) is -0.674. The maximum Gasteiger partial charge on any atom is 0.217 e. The second-order valence-corrected chi connectivity index (χ2v) is 4.64. The third-order valence-corrected chi connectivity index (χ3v) is 2.34. The van der Waals surface area contributed by atoms with Crippen LogP contribution in [0.2, 0.25) is 0 Å². The standard InChI is InChI=1S/C12H21NO3/c1-7(2)11(15)6-10(13-9(5)14)12(16)8(3)4/h7-8,10H,6H2,1-5H3,(H,13,14). The van der Waals surface area contributed by atoms with Gasteiger partial charge in [-0.15, -0.1) is 0 Å². The van der Waals surface area contributed by atoms with E-state index in [0.717, 1.165) is 0 Å². The van der Waals surface area contributed by atoms with Crippen molar-refractivity contribution in [3.8, 4) is 0 Å². The van der Waals surface area contributed by atoms with Crippen molar-refractivity contribution in [2.24, 2.45) is 11.8 Å². The molecule has 0 fully saturated rings. The molecule has 0 heterocycles. The van der Waals surface area contributed by atoms with Gasteiger partial charge in [0.2, 0.25) is 5.91 Å². The monoisotopic (exact) mass is 227 g/mol. The van der Waals surface area contributed by atoms with Crippen molar-refractivity contribution in [2.45, 2.75) is 47.1 Å². The molecule has 1 unspecified atom stereocenters. The summed E-state index contributed by atoms with van der Waals surface area (Å²) in [6.45, 7) is 8.44. The molecule has 0 aliphatic carbocycles. The van der Waals surface area contributed by atoms with E-state index >= 15 is 0 Å². The maximum absolute atomic E-state index is 11.8. The zero-order chi connectivity index (χ0) is 12.9. The van der Waals surface area contributed by atoms with E-state index in [1.165, 1.54) is 6.92 Å². The third-order valence-electron chi connectivity index (χ3n) is 2.34. The Labute approximate surface area is 96.8 Å². The number of carbonyl (C=O) groups excluding carboxylic acids is 3. The van der Waals surface area contributed by atoms with Crippen LogP contribution in [0.4, 0.5) is 0 Å². The van der Waals surface area contributed by atoms with Gasteiger partial charge in [0.25, 0.3) is 0 Å². The molecule has 16 heavy (non-hydrogen) atoms. The molecule has 0 saturated carbocycles. The Balaban J connectivity index is 4.61. The Hall–Kier alpha value is -1.19. The van der Waals surface area contributed by atoms with E-state index < -0.39 is 6.04 Å². The molecule has 0 bridgehead atoms. The fourth-order valence-corrected chi connectivity index (χ4v) is 1.31. The average molecular weight is 227 g/mol. The number of carbonyl (C=O) groups is 3. The normalized spacial score (nSPS) is 12.7. The van der Waals surface area contributed by atoms with Gasteiger partial charge in [-0.2, -0.15) is 0 Å². The molecule has 0 aliphatic heterocycles. The molecule has 0 radical (unpaired) electrons. The lowest BCUT2D eigenvalue weighted by Crippen LogP contribution is -2.43. The molecule has 0 aromatic heterocycles. The minimum atomic E-state index is -0.674. The summed E-state index contributed by atoms with van der Waals surface area (Å²) in [5, 5.41) is 2.54. The summed E-state index contributed by atoms with van der Waals surface area (Å²) < 4.78 is 0. The number of rotatable bonds is 6. The van der Waals surface area contributed by atoms with E-state index in [0.29, 0.717) is 0 Å². The first-order chi connectivity index (χ1) is 7.25. The van der Waals surface area contributed by atoms with Gasteiger partial charge in [-0.05, 0) is 0 Å². The van der Waals surface area contributed by atoms with Gasteiger partial charge in [0, 0.05) is 25.2 Å². The third kappa shape index (κ3) is 5.05. The molecule has 92 valence electrons. The Morgan fingerprint density at radius 1 is 1.00 bits per heavy atom. The van der Waals surface area contributed by atoms with Gasteiger partial charge in [-0.25, -0.2) is 0 Å². The SMILES string of the molecule is CC(=O)NC(CC(=O)C(C)C)C(=O)C(C)C. The molecule has 0 rings (SSSR count). The van der Waals surface area contributed by atoms with Crippen LogP contribution in [0.1, 0.15) is 41.0 Å². The highest BCUT2D eigenvalue weighted by Crippen LogP contribution is 2.08. The maximum atomic E-state index is 11.8. The van der Waals surface area contributed by atoms with Gasteiger partial charge in [0.15, 0.2) is 5.78 Å². The van der Waals surface area contributed by atoms with E-state index in [1.807, 2.05) is 0 Å². The van der Waals surface area contributed by atoms with Crippen molar-refractivity contribution < 1.29 is 14.4 Å². The number of ketones is 2. The molecule has 0 aromatic carbocycles. The van der Waals surface area contributed by atoms with Crippen molar-refractivity contribution >= 4 is 17.5 Å². The first-order valence-corrected chi connectivity index (χ1v) is 5.59. The van der Waals surface area contributed by atoms with Crippen molar-refractivity contribution in [3.05, 3.63) is 0 Å². The smallest absolute Gasteiger partial charge is 0.217 e. The molecule has 0 saturated heterocycles. The van der Waals surface area contributed by atoms with Crippen LogP contribution in [0.15, 0.2) is 0 Å². The molecule has 0 aromatic rings. The lowest BCUT2D eigenvalue weighted by atomic mass is 9.94.